The number of hydrogen-bond donors (Lipinski definition) is 1. The number of nitrogens with one attached hydrogen (secondary N) is 1. The van der Waals surface area contributed by atoms with Gasteiger partial charge in [-0.2, -0.15) is 0 Å². The van der Waals surface area contributed by atoms with E-state index in [1.165, 1.54) is 16.3 Å². The molecule has 1 atom stereocenters. The Morgan fingerprint density at radius 1 is 0.952 bits per heavy atom. The zero-order valence-electron chi connectivity index (χ0n) is 13.3. The molecule has 2 aromatic carbocycles. The molecule has 21 heavy (non-hydrogen) atoms. The van der Waals surface area contributed by atoms with Crippen molar-refractivity contribution < 1.29 is 0 Å². The van der Waals surface area contributed by atoms with Crippen LogP contribution in [0.1, 0.15) is 24.1 Å². The van der Waals surface area contributed by atoms with E-state index in [1.807, 2.05) is 0 Å². The largest absolute Gasteiger partial charge is 0.306 e. The number of rotatable bonds is 5. The van der Waals surface area contributed by atoms with Crippen molar-refractivity contribution in [3.05, 3.63) is 64.1 Å². The maximum absolute atomic E-state index is 3.59. The van der Waals surface area contributed by atoms with Crippen LogP contribution in [0.4, 0.5) is 0 Å². The van der Waals surface area contributed by atoms with Gasteiger partial charge in [-0.05, 0) is 30.2 Å². The molecule has 0 aliphatic carbocycles. The second-order valence-corrected chi connectivity index (χ2v) is 12.6. The predicted molar refractivity (Wildman–Crippen MR) is 98.8 cm³/mol. The fourth-order valence-electron chi connectivity index (χ4n) is 2.26. The monoisotopic (exact) mass is 361 g/mol. The van der Waals surface area contributed by atoms with Gasteiger partial charge in [-0.3, -0.25) is 0 Å². The molecule has 0 amide bonds. The summed E-state index contributed by atoms with van der Waals surface area (Å²) in [5.74, 6) is 0. The van der Waals surface area contributed by atoms with Crippen LogP contribution in [-0.4, -0.2) is 8.07 Å². The van der Waals surface area contributed by atoms with Crippen molar-refractivity contribution in [3.8, 4) is 0 Å². The van der Waals surface area contributed by atoms with Crippen molar-refractivity contribution in [2.24, 2.45) is 0 Å². The van der Waals surface area contributed by atoms with E-state index in [1.54, 1.807) is 0 Å². The third-order valence-electron chi connectivity index (χ3n) is 3.80. The van der Waals surface area contributed by atoms with Gasteiger partial charge in [0.15, 0.2) is 0 Å². The molecule has 2 aromatic rings. The van der Waals surface area contributed by atoms with Gasteiger partial charge in [0.2, 0.25) is 0 Å². The molecule has 0 spiro atoms. The van der Waals surface area contributed by atoms with Gasteiger partial charge in [-0.15, -0.1) is 0 Å². The van der Waals surface area contributed by atoms with Gasteiger partial charge in [-0.1, -0.05) is 77.2 Å². The Morgan fingerprint density at radius 2 is 1.52 bits per heavy atom. The quantitative estimate of drug-likeness (QED) is 0.750. The second kappa shape index (κ2) is 6.90. The van der Waals surface area contributed by atoms with Gasteiger partial charge in [0.1, 0.15) is 0 Å². The maximum Gasteiger partial charge on any atom is 0.0775 e. The fraction of sp³-hybridized carbons (Fsp3) is 0.333. The first-order chi connectivity index (χ1) is 9.86. The number of benzene rings is 2. The molecular weight excluding hydrogens is 338 g/mol. The highest BCUT2D eigenvalue weighted by molar-refractivity contribution is 9.10. The Kier molecular flexibility index (Phi) is 5.41. The average molecular weight is 362 g/mol. The average Bonchev–Trinajstić information content (AvgIpc) is 2.45. The predicted octanol–water partition coefficient (Wildman–Crippen LogP) is 4.85. The van der Waals surface area contributed by atoms with Gasteiger partial charge >= 0.3 is 0 Å². The molecular formula is C18H24BrNSi. The van der Waals surface area contributed by atoms with Crippen molar-refractivity contribution >= 4 is 29.2 Å². The van der Waals surface area contributed by atoms with Gasteiger partial charge in [0, 0.05) is 17.1 Å². The van der Waals surface area contributed by atoms with Crippen LogP contribution in [0.2, 0.25) is 19.6 Å². The van der Waals surface area contributed by atoms with E-state index >= 15 is 0 Å². The highest BCUT2D eigenvalue weighted by Crippen LogP contribution is 2.17. The molecule has 1 nitrogen and oxygen atoms in total. The van der Waals surface area contributed by atoms with Crippen molar-refractivity contribution in [1.29, 1.82) is 0 Å². The second-order valence-electron chi connectivity index (χ2n) is 6.60. The van der Waals surface area contributed by atoms with Gasteiger partial charge in [-0.25, -0.2) is 0 Å². The molecule has 0 aliphatic rings. The highest BCUT2D eigenvalue weighted by Gasteiger charge is 2.15. The molecule has 0 aliphatic heterocycles. The Morgan fingerprint density at radius 3 is 2.05 bits per heavy atom. The van der Waals surface area contributed by atoms with Gasteiger partial charge in [0.25, 0.3) is 0 Å². The third kappa shape index (κ3) is 4.80. The molecule has 3 heteroatoms. The lowest BCUT2D eigenvalue weighted by molar-refractivity contribution is 0.575. The van der Waals surface area contributed by atoms with Crippen molar-refractivity contribution in [2.75, 3.05) is 0 Å². The van der Waals surface area contributed by atoms with E-state index in [0.29, 0.717) is 6.04 Å². The van der Waals surface area contributed by atoms with Gasteiger partial charge < -0.3 is 5.32 Å². The maximum atomic E-state index is 3.59. The molecule has 112 valence electrons. The van der Waals surface area contributed by atoms with Crippen molar-refractivity contribution in [2.45, 2.75) is 39.2 Å². The van der Waals surface area contributed by atoms with Crippen LogP contribution in [-0.2, 0) is 6.54 Å². The number of halogens is 1. The SMILES string of the molecule is C[C@H](NCc1ccc([Si](C)(C)C)cc1)c1ccc(Br)cc1. The smallest absolute Gasteiger partial charge is 0.0775 e. The standard InChI is InChI=1S/C18H24BrNSi/c1-14(16-7-9-17(19)10-8-16)20-13-15-5-11-18(12-6-15)21(2,3)4/h5-12,14,20H,13H2,1-4H3/t14-/m0/s1. The molecule has 1 N–H and O–H groups in total. The summed E-state index contributed by atoms with van der Waals surface area (Å²) in [7, 11) is -1.18. The molecule has 0 aromatic heterocycles. The van der Waals surface area contributed by atoms with Crippen LogP contribution in [0.3, 0.4) is 0 Å². The van der Waals surface area contributed by atoms with Crippen LogP contribution in [0.5, 0.6) is 0 Å². The Hall–Kier alpha value is -0.903. The van der Waals surface area contributed by atoms with Crippen LogP contribution < -0.4 is 10.5 Å². The first-order valence-corrected chi connectivity index (χ1v) is 11.7. The van der Waals surface area contributed by atoms with Crippen molar-refractivity contribution in [3.63, 3.8) is 0 Å². The molecule has 0 heterocycles. The minimum Gasteiger partial charge on any atom is -0.306 e. The first-order valence-electron chi connectivity index (χ1n) is 7.44. The summed E-state index contributed by atoms with van der Waals surface area (Å²) in [6.45, 7) is 10.3. The summed E-state index contributed by atoms with van der Waals surface area (Å²) in [6, 6.07) is 18.0. The molecule has 0 bridgehead atoms. The summed E-state index contributed by atoms with van der Waals surface area (Å²) in [4.78, 5) is 0. The van der Waals surface area contributed by atoms with Crippen LogP contribution in [0.15, 0.2) is 53.0 Å². The Bertz CT molecular complexity index is 570. The Balaban J connectivity index is 1.95. The minimum atomic E-state index is -1.18. The molecule has 0 fully saturated rings. The lowest BCUT2D eigenvalue weighted by Crippen LogP contribution is -2.37. The third-order valence-corrected chi connectivity index (χ3v) is 6.40. The van der Waals surface area contributed by atoms with Gasteiger partial charge in [0.05, 0.1) is 8.07 Å². The fourth-order valence-corrected chi connectivity index (χ4v) is 3.69. The minimum absolute atomic E-state index is 0.356. The first kappa shape index (κ1) is 16.5. The topological polar surface area (TPSA) is 12.0 Å². The summed E-state index contributed by atoms with van der Waals surface area (Å²) in [5.41, 5.74) is 2.66. The Labute approximate surface area is 137 Å². The highest BCUT2D eigenvalue weighted by atomic mass is 79.9. The molecule has 0 saturated carbocycles. The summed E-state index contributed by atoms with van der Waals surface area (Å²) in [6.07, 6.45) is 0. The van der Waals surface area contributed by atoms with Crippen LogP contribution in [0, 0.1) is 0 Å². The summed E-state index contributed by atoms with van der Waals surface area (Å²) in [5, 5.41) is 5.11. The lowest BCUT2D eigenvalue weighted by atomic mass is 10.1. The normalized spacial score (nSPS) is 13.2. The van der Waals surface area contributed by atoms with Crippen molar-refractivity contribution in [1.82, 2.24) is 5.32 Å². The summed E-state index contributed by atoms with van der Waals surface area (Å²) >= 11 is 3.48. The van der Waals surface area contributed by atoms with E-state index in [2.05, 4.69) is 96.3 Å². The van der Waals surface area contributed by atoms with Crippen LogP contribution >= 0.6 is 15.9 Å². The molecule has 0 saturated heterocycles. The number of hydrogen-bond acceptors (Lipinski definition) is 1. The molecule has 2 rings (SSSR count). The van der Waals surface area contributed by atoms with E-state index in [-0.39, 0.29) is 0 Å². The zero-order chi connectivity index (χ0) is 15.5. The molecule has 0 unspecified atom stereocenters. The van der Waals surface area contributed by atoms with E-state index < -0.39 is 8.07 Å². The lowest BCUT2D eigenvalue weighted by Gasteiger charge is -2.18. The van der Waals surface area contributed by atoms with E-state index in [4.69, 9.17) is 0 Å². The van der Waals surface area contributed by atoms with E-state index in [9.17, 15) is 0 Å². The molecule has 0 radical (unpaired) electrons. The van der Waals surface area contributed by atoms with Crippen LogP contribution in [0.25, 0.3) is 0 Å². The summed E-state index contributed by atoms with van der Waals surface area (Å²) < 4.78 is 1.13. The van der Waals surface area contributed by atoms with E-state index in [0.717, 1.165) is 11.0 Å². The zero-order valence-corrected chi connectivity index (χ0v) is 15.9.